The Labute approximate surface area is 120 Å². The fourth-order valence-electron chi connectivity index (χ4n) is 1.40. The number of aliphatic imine (C=N–C) groups is 1. The second kappa shape index (κ2) is 6.85. The van der Waals surface area contributed by atoms with Crippen LogP contribution in [0.25, 0.3) is 0 Å². The molecule has 6 nitrogen and oxygen atoms in total. The summed E-state index contributed by atoms with van der Waals surface area (Å²) in [7, 11) is 1.59. The zero-order valence-electron chi connectivity index (χ0n) is 10.9. The number of ether oxygens (including phenoxy) is 2. The van der Waals surface area contributed by atoms with Gasteiger partial charge < -0.3 is 9.47 Å². The highest BCUT2D eigenvalue weighted by atomic mass is 32.2. The van der Waals surface area contributed by atoms with Crippen LogP contribution in [0.3, 0.4) is 0 Å². The van der Waals surface area contributed by atoms with E-state index in [0.717, 1.165) is 0 Å². The second-order valence-electron chi connectivity index (χ2n) is 3.69. The van der Waals surface area contributed by atoms with Crippen LogP contribution in [-0.2, 0) is 4.79 Å². The lowest BCUT2D eigenvalue weighted by atomic mass is 10.3. The molecule has 0 saturated heterocycles. The largest absolute Gasteiger partial charge is 0.493 e. The van der Waals surface area contributed by atoms with Crippen LogP contribution in [0.15, 0.2) is 51.8 Å². The summed E-state index contributed by atoms with van der Waals surface area (Å²) in [5.41, 5.74) is 0.0552. The van der Waals surface area contributed by atoms with Gasteiger partial charge in [0.2, 0.25) is 5.17 Å². The van der Waals surface area contributed by atoms with E-state index in [-0.39, 0.29) is 5.70 Å². The molecule has 7 heteroatoms. The van der Waals surface area contributed by atoms with Gasteiger partial charge in [0.25, 0.3) is 5.91 Å². The zero-order valence-corrected chi connectivity index (χ0v) is 11.7. The van der Waals surface area contributed by atoms with Crippen molar-refractivity contribution in [1.82, 2.24) is 0 Å². The van der Waals surface area contributed by atoms with E-state index < -0.39 is 5.91 Å². The maximum absolute atomic E-state index is 11.2. The molecule has 0 atom stereocenters. The first kappa shape index (κ1) is 14.3. The highest BCUT2D eigenvalue weighted by Gasteiger charge is 2.13. The Morgan fingerprint density at radius 3 is 2.70 bits per heavy atom. The van der Waals surface area contributed by atoms with Gasteiger partial charge in [-0.1, -0.05) is 30.5 Å². The molecule has 1 aromatic rings. The lowest BCUT2D eigenvalue weighted by molar-refractivity contribution is -0.114. The Kier molecular flexibility index (Phi) is 4.89. The number of thioether (sulfide) groups is 1. The Hall–Kier alpha value is -2.15. The number of benzene rings is 1. The lowest BCUT2D eigenvalue weighted by Gasteiger charge is -2.10. The molecule has 0 aliphatic carbocycles. The first-order chi connectivity index (χ1) is 9.70. The fraction of sp³-hybridized carbons (Fsp3) is 0.231. The van der Waals surface area contributed by atoms with Crippen molar-refractivity contribution >= 4 is 22.8 Å². The van der Waals surface area contributed by atoms with Crippen LogP contribution < -0.4 is 9.47 Å². The first-order valence-electron chi connectivity index (χ1n) is 5.83. The number of carbonyl (C=O) groups excluding carboxylic acids is 1. The Bertz CT molecular complexity index is 584. The number of azo groups is 1. The predicted octanol–water partition coefficient (Wildman–Crippen LogP) is 2.67. The average Bonchev–Trinajstić information content (AvgIpc) is 2.47. The highest BCUT2D eigenvalue weighted by molar-refractivity contribution is 8.13. The number of methoxy groups -OCH3 is 1. The van der Waals surface area contributed by atoms with Gasteiger partial charge in [-0.2, -0.15) is 4.99 Å². The number of carbonyl (C=O) groups is 1. The summed E-state index contributed by atoms with van der Waals surface area (Å²) in [6, 6.07) is 7.39. The summed E-state index contributed by atoms with van der Waals surface area (Å²) < 4.78 is 10.8. The molecule has 1 aliphatic rings. The molecule has 0 N–H and O–H groups in total. The normalized spacial score (nSPS) is 14.2. The number of hydrogen-bond donors (Lipinski definition) is 0. The average molecular weight is 291 g/mol. The number of para-hydroxylation sites is 2. The molecule has 1 heterocycles. The molecule has 20 heavy (non-hydrogen) atoms. The van der Waals surface area contributed by atoms with Crippen molar-refractivity contribution in [3.8, 4) is 11.5 Å². The molecule has 104 valence electrons. The maximum atomic E-state index is 11.2. The van der Waals surface area contributed by atoms with Gasteiger partial charge in [0.05, 0.1) is 13.7 Å². The molecule has 1 aliphatic heterocycles. The number of nitrogens with zero attached hydrogens (tertiary/aromatic N) is 3. The van der Waals surface area contributed by atoms with Gasteiger partial charge in [0.1, 0.15) is 5.70 Å². The minimum atomic E-state index is -0.451. The summed E-state index contributed by atoms with van der Waals surface area (Å²) in [6.07, 6.45) is 0. The lowest BCUT2D eigenvalue weighted by Crippen LogP contribution is -2.07. The van der Waals surface area contributed by atoms with E-state index in [9.17, 15) is 4.79 Å². The van der Waals surface area contributed by atoms with Gasteiger partial charge in [-0.05, 0) is 12.1 Å². The van der Waals surface area contributed by atoms with Gasteiger partial charge in [-0.25, -0.2) is 0 Å². The Balaban J connectivity index is 1.80. The van der Waals surface area contributed by atoms with Crippen LogP contribution in [0.5, 0.6) is 11.5 Å². The van der Waals surface area contributed by atoms with Crippen molar-refractivity contribution in [2.45, 2.75) is 0 Å². The third kappa shape index (κ3) is 3.67. The fourth-order valence-corrected chi connectivity index (χ4v) is 2.00. The van der Waals surface area contributed by atoms with Crippen molar-refractivity contribution in [3.05, 3.63) is 36.5 Å². The molecular weight excluding hydrogens is 278 g/mol. The smallest absolute Gasteiger partial charge is 0.299 e. The topological polar surface area (TPSA) is 72.6 Å². The van der Waals surface area contributed by atoms with E-state index in [1.807, 2.05) is 24.3 Å². The van der Waals surface area contributed by atoms with E-state index in [4.69, 9.17) is 9.47 Å². The summed E-state index contributed by atoms with van der Waals surface area (Å²) in [6.45, 7) is 3.86. The summed E-state index contributed by atoms with van der Waals surface area (Å²) in [4.78, 5) is 15.0. The molecule has 0 unspecified atom stereocenters. The summed E-state index contributed by atoms with van der Waals surface area (Å²) in [5, 5.41) is 7.73. The maximum Gasteiger partial charge on any atom is 0.299 e. The standard InChI is InChI=1S/C13H13N3O3S/c1-9-12(17)14-13(16-15-9)20-8-7-19-11-6-4-3-5-10(11)18-2/h3-6H,1,7-8H2,2H3. The van der Waals surface area contributed by atoms with Crippen LogP contribution >= 0.6 is 11.8 Å². The van der Waals surface area contributed by atoms with E-state index in [2.05, 4.69) is 21.8 Å². The quantitative estimate of drug-likeness (QED) is 0.617. The van der Waals surface area contributed by atoms with E-state index in [0.29, 0.717) is 29.0 Å². The molecule has 0 aromatic heterocycles. The van der Waals surface area contributed by atoms with Gasteiger partial charge in [0.15, 0.2) is 11.5 Å². The predicted molar refractivity (Wildman–Crippen MR) is 77.4 cm³/mol. The number of hydrogen-bond acceptors (Lipinski definition) is 6. The van der Waals surface area contributed by atoms with Gasteiger partial charge in [0, 0.05) is 5.75 Å². The zero-order chi connectivity index (χ0) is 14.4. The molecule has 1 amide bonds. The van der Waals surface area contributed by atoms with E-state index in [1.54, 1.807) is 7.11 Å². The van der Waals surface area contributed by atoms with Crippen molar-refractivity contribution < 1.29 is 14.3 Å². The van der Waals surface area contributed by atoms with Crippen LogP contribution in [0.1, 0.15) is 0 Å². The van der Waals surface area contributed by atoms with Crippen LogP contribution in [0.4, 0.5) is 0 Å². The summed E-state index contributed by atoms with van der Waals surface area (Å²) >= 11 is 1.30. The number of amidine groups is 1. The van der Waals surface area contributed by atoms with Gasteiger partial charge in [-0.15, -0.1) is 10.2 Å². The van der Waals surface area contributed by atoms with Gasteiger partial charge >= 0.3 is 0 Å². The number of amides is 1. The van der Waals surface area contributed by atoms with Crippen LogP contribution in [0.2, 0.25) is 0 Å². The van der Waals surface area contributed by atoms with Crippen molar-refractivity contribution in [2.75, 3.05) is 19.5 Å². The van der Waals surface area contributed by atoms with Crippen molar-refractivity contribution in [2.24, 2.45) is 15.2 Å². The van der Waals surface area contributed by atoms with Crippen LogP contribution in [-0.4, -0.2) is 30.5 Å². The third-order valence-corrected chi connectivity index (χ3v) is 3.14. The molecule has 0 fully saturated rings. The Morgan fingerprint density at radius 1 is 1.25 bits per heavy atom. The molecule has 0 bridgehead atoms. The first-order valence-corrected chi connectivity index (χ1v) is 6.81. The van der Waals surface area contributed by atoms with Gasteiger partial charge in [-0.3, -0.25) is 4.79 Å². The van der Waals surface area contributed by atoms with Crippen LogP contribution in [0, 0.1) is 0 Å². The van der Waals surface area contributed by atoms with Crippen molar-refractivity contribution in [1.29, 1.82) is 0 Å². The monoisotopic (exact) mass is 291 g/mol. The van der Waals surface area contributed by atoms with Crippen molar-refractivity contribution in [3.63, 3.8) is 0 Å². The third-order valence-electron chi connectivity index (χ3n) is 2.34. The second-order valence-corrected chi connectivity index (χ2v) is 4.76. The molecular formula is C13H13N3O3S. The molecule has 2 rings (SSSR count). The minimum absolute atomic E-state index is 0.0552. The molecule has 0 saturated carbocycles. The molecule has 0 spiro atoms. The SMILES string of the molecule is C=C1N=NC(SCCOc2ccccc2OC)=NC1=O. The Morgan fingerprint density at radius 2 is 2.00 bits per heavy atom. The minimum Gasteiger partial charge on any atom is -0.493 e. The van der Waals surface area contributed by atoms with E-state index in [1.165, 1.54) is 11.8 Å². The molecule has 1 aromatic carbocycles. The number of rotatable bonds is 5. The highest BCUT2D eigenvalue weighted by Crippen LogP contribution is 2.26. The summed E-state index contributed by atoms with van der Waals surface area (Å²) in [5.74, 6) is 1.49. The molecule has 0 radical (unpaired) electrons. The van der Waals surface area contributed by atoms with E-state index >= 15 is 0 Å².